The summed E-state index contributed by atoms with van der Waals surface area (Å²) in [7, 11) is 3.62. The molecule has 0 saturated carbocycles. The third-order valence-corrected chi connectivity index (χ3v) is 3.81. The van der Waals surface area contributed by atoms with Crippen LogP contribution in [0.15, 0.2) is 18.5 Å². The maximum Gasteiger partial charge on any atom is 0.290 e. The topological polar surface area (TPSA) is 85.2 Å². The summed E-state index contributed by atoms with van der Waals surface area (Å²) in [5.74, 6) is 1.75. The van der Waals surface area contributed by atoms with Gasteiger partial charge >= 0.3 is 0 Å². The minimum atomic E-state index is -0.262. The van der Waals surface area contributed by atoms with Crippen molar-refractivity contribution in [3.63, 3.8) is 0 Å². The normalized spacial score (nSPS) is 18.0. The van der Waals surface area contributed by atoms with Gasteiger partial charge in [-0.3, -0.25) is 4.79 Å². The molecule has 1 amide bonds. The highest BCUT2D eigenvalue weighted by Gasteiger charge is 2.29. The first-order chi connectivity index (χ1) is 11.1. The zero-order chi connectivity index (χ0) is 16.4. The van der Waals surface area contributed by atoms with E-state index in [1.165, 1.54) is 0 Å². The molecular weight excluding hydrogens is 296 g/mol. The Labute approximate surface area is 134 Å². The number of amides is 1. The van der Waals surface area contributed by atoms with Crippen molar-refractivity contribution in [2.75, 3.05) is 32.1 Å². The number of ether oxygens (including phenoxy) is 1. The van der Waals surface area contributed by atoms with Gasteiger partial charge in [0.05, 0.1) is 18.8 Å². The molecule has 1 atom stereocenters. The zero-order valence-electron chi connectivity index (χ0n) is 13.5. The lowest BCUT2D eigenvalue weighted by atomic mass is 10.2. The monoisotopic (exact) mass is 316 g/mol. The largest absolute Gasteiger partial charge is 0.373 e. The molecule has 8 heteroatoms. The molecule has 3 heterocycles. The molecule has 2 aromatic rings. The third kappa shape index (κ3) is 3.16. The number of anilines is 1. The minimum absolute atomic E-state index is 0.0922. The van der Waals surface area contributed by atoms with Crippen LogP contribution in [0.2, 0.25) is 0 Å². The third-order valence-electron chi connectivity index (χ3n) is 3.81. The Bertz CT molecular complexity index is 714. The van der Waals surface area contributed by atoms with Crippen LogP contribution in [0.1, 0.15) is 28.2 Å². The molecule has 2 aromatic heterocycles. The Hall–Kier alpha value is -2.48. The first kappa shape index (κ1) is 15.4. The summed E-state index contributed by atoms with van der Waals surface area (Å²) in [5, 5.41) is 3.01. The summed E-state index contributed by atoms with van der Waals surface area (Å²) < 4.78 is 7.53. The Morgan fingerprint density at radius 1 is 1.43 bits per heavy atom. The van der Waals surface area contributed by atoms with Crippen molar-refractivity contribution >= 4 is 11.7 Å². The standard InChI is InChI=1S/C15H20N6O2/c1-10-18-11(8-13(16-2)19-10)12-9-21(6-7-23-12)15(22)14-17-4-5-20(14)3/h4-5,8,12H,6-7,9H2,1-3H3,(H,16,18,19)/t12-/m1/s1. The lowest BCUT2D eigenvalue weighted by molar-refractivity contribution is -0.0253. The van der Waals surface area contributed by atoms with Crippen LogP contribution in [0, 0.1) is 6.92 Å². The molecule has 1 aliphatic heterocycles. The average Bonchev–Trinajstić information content (AvgIpc) is 2.99. The summed E-state index contributed by atoms with van der Waals surface area (Å²) in [6.07, 6.45) is 3.12. The van der Waals surface area contributed by atoms with Gasteiger partial charge in [-0.05, 0) is 6.92 Å². The smallest absolute Gasteiger partial charge is 0.290 e. The van der Waals surface area contributed by atoms with Crippen LogP contribution in [0.25, 0.3) is 0 Å². The zero-order valence-corrected chi connectivity index (χ0v) is 13.5. The van der Waals surface area contributed by atoms with E-state index in [2.05, 4.69) is 20.3 Å². The molecule has 0 aliphatic carbocycles. The molecular formula is C15H20N6O2. The number of hydrogen-bond acceptors (Lipinski definition) is 6. The SMILES string of the molecule is CNc1cc([C@H]2CN(C(=O)c3nccn3C)CCO2)nc(C)n1. The van der Waals surface area contributed by atoms with Gasteiger partial charge in [-0.1, -0.05) is 0 Å². The predicted molar refractivity (Wildman–Crippen MR) is 84.1 cm³/mol. The van der Waals surface area contributed by atoms with Crippen LogP contribution in [0.3, 0.4) is 0 Å². The second-order valence-electron chi connectivity index (χ2n) is 5.45. The van der Waals surface area contributed by atoms with Gasteiger partial charge in [0.15, 0.2) is 5.82 Å². The molecule has 1 N–H and O–H groups in total. The molecule has 0 aromatic carbocycles. The van der Waals surface area contributed by atoms with E-state index in [1.807, 2.05) is 27.1 Å². The van der Waals surface area contributed by atoms with E-state index < -0.39 is 0 Å². The minimum Gasteiger partial charge on any atom is -0.373 e. The summed E-state index contributed by atoms with van der Waals surface area (Å²) >= 11 is 0. The summed E-state index contributed by atoms with van der Waals surface area (Å²) in [5.41, 5.74) is 0.777. The van der Waals surface area contributed by atoms with Gasteiger partial charge in [-0.25, -0.2) is 15.0 Å². The van der Waals surface area contributed by atoms with E-state index in [0.717, 1.165) is 11.5 Å². The molecule has 0 bridgehead atoms. The number of rotatable bonds is 3. The number of nitrogens with zero attached hydrogens (tertiary/aromatic N) is 5. The highest BCUT2D eigenvalue weighted by Crippen LogP contribution is 2.23. The molecule has 0 spiro atoms. The van der Waals surface area contributed by atoms with Gasteiger partial charge in [0.2, 0.25) is 0 Å². The van der Waals surface area contributed by atoms with Crippen molar-refractivity contribution < 1.29 is 9.53 Å². The second kappa shape index (κ2) is 6.33. The number of hydrogen-bond donors (Lipinski definition) is 1. The number of morpholine rings is 1. The molecule has 23 heavy (non-hydrogen) atoms. The first-order valence-corrected chi connectivity index (χ1v) is 7.50. The fraction of sp³-hybridized carbons (Fsp3) is 0.467. The van der Waals surface area contributed by atoms with Crippen LogP contribution >= 0.6 is 0 Å². The molecule has 0 unspecified atom stereocenters. The van der Waals surface area contributed by atoms with E-state index >= 15 is 0 Å². The highest BCUT2D eigenvalue weighted by atomic mass is 16.5. The molecule has 3 rings (SSSR count). The van der Waals surface area contributed by atoms with Crippen molar-refractivity contribution in [2.24, 2.45) is 7.05 Å². The van der Waals surface area contributed by atoms with Crippen LogP contribution < -0.4 is 5.32 Å². The number of imidazole rings is 1. The number of carbonyl (C=O) groups excluding carboxylic acids is 1. The fourth-order valence-electron chi connectivity index (χ4n) is 2.61. The maximum absolute atomic E-state index is 12.6. The number of carbonyl (C=O) groups is 1. The molecule has 0 radical (unpaired) electrons. The fourth-order valence-corrected chi connectivity index (χ4v) is 2.61. The Balaban J connectivity index is 1.80. The van der Waals surface area contributed by atoms with Crippen molar-refractivity contribution in [2.45, 2.75) is 13.0 Å². The predicted octanol–water partition coefficient (Wildman–Crippen LogP) is 0.774. The average molecular weight is 316 g/mol. The van der Waals surface area contributed by atoms with Crippen LogP contribution in [0.5, 0.6) is 0 Å². The Kier molecular flexibility index (Phi) is 4.24. The van der Waals surface area contributed by atoms with E-state index in [9.17, 15) is 4.79 Å². The van der Waals surface area contributed by atoms with Gasteiger partial charge in [0.25, 0.3) is 5.91 Å². The molecule has 1 saturated heterocycles. The summed E-state index contributed by atoms with van der Waals surface area (Å²) in [4.78, 5) is 27.2. The molecule has 1 aliphatic rings. The van der Waals surface area contributed by atoms with E-state index in [0.29, 0.717) is 31.3 Å². The number of nitrogens with one attached hydrogen (secondary N) is 1. The highest BCUT2D eigenvalue weighted by molar-refractivity contribution is 5.90. The van der Waals surface area contributed by atoms with Crippen molar-refractivity contribution in [1.82, 2.24) is 24.4 Å². The Morgan fingerprint density at radius 2 is 2.26 bits per heavy atom. The summed E-state index contributed by atoms with van der Waals surface area (Å²) in [6.45, 7) is 3.30. The van der Waals surface area contributed by atoms with Gasteiger partial charge in [-0.2, -0.15) is 0 Å². The van der Waals surface area contributed by atoms with Crippen LogP contribution in [-0.2, 0) is 11.8 Å². The van der Waals surface area contributed by atoms with E-state index in [1.54, 1.807) is 21.9 Å². The maximum atomic E-state index is 12.6. The lowest BCUT2D eigenvalue weighted by Gasteiger charge is -2.32. The van der Waals surface area contributed by atoms with E-state index in [-0.39, 0.29) is 12.0 Å². The molecule has 1 fully saturated rings. The lowest BCUT2D eigenvalue weighted by Crippen LogP contribution is -2.43. The first-order valence-electron chi connectivity index (χ1n) is 7.50. The van der Waals surface area contributed by atoms with Gasteiger partial charge in [0.1, 0.15) is 17.7 Å². The van der Waals surface area contributed by atoms with Gasteiger partial charge in [-0.15, -0.1) is 0 Å². The number of aryl methyl sites for hydroxylation is 2. The van der Waals surface area contributed by atoms with Crippen LogP contribution in [0.4, 0.5) is 5.82 Å². The van der Waals surface area contributed by atoms with Crippen molar-refractivity contribution in [1.29, 1.82) is 0 Å². The van der Waals surface area contributed by atoms with Crippen LogP contribution in [-0.4, -0.2) is 57.1 Å². The van der Waals surface area contributed by atoms with Gasteiger partial charge in [0, 0.05) is 39.1 Å². The quantitative estimate of drug-likeness (QED) is 0.900. The second-order valence-corrected chi connectivity index (χ2v) is 5.45. The van der Waals surface area contributed by atoms with E-state index in [4.69, 9.17) is 4.74 Å². The molecule has 8 nitrogen and oxygen atoms in total. The molecule has 122 valence electrons. The number of aromatic nitrogens is 4. The summed E-state index contributed by atoms with van der Waals surface area (Å²) in [6, 6.07) is 1.85. The van der Waals surface area contributed by atoms with Crippen molar-refractivity contribution in [3.8, 4) is 0 Å². The van der Waals surface area contributed by atoms with Crippen molar-refractivity contribution in [3.05, 3.63) is 35.8 Å². The Morgan fingerprint density at radius 3 is 2.96 bits per heavy atom. The van der Waals surface area contributed by atoms with Gasteiger partial charge < -0.3 is 19.5 Å².